The van der Waals surface area contributed by atoms with Gasteiger partial charge in [-0.1, -0.05) is 17.3 Å². The molecule has 1 aliphatic heterocycles. The quantitative estimate of drug-likeness (QED) is 0.626. The lowest BCUT2D eigenvalue weighted by Gasteiger charge is -2.14. The number of benzene rings is 2. The van der Waals surface area contributed by atoms with E-state index in [1.165, 1.54) is 11.0 Å². The predicted octanol–water partition coefficient (Wildman–Crippen LogP) is 3.83. The Morgan fingerprint density at radius 1 is 1.26 bits per heavy atom. The molecule has 1 atom stereocenters. The summed E-state index contributed by atoms with van der Waals surface area (Å²) in [7, 11) is 0. The minimum atomic E-state index is -0.489. The van der Waals surface area contributed by atoms with Crippen molar-refractivity contribution in [2.75, 3.05) is 17.7 Å². The first-order chi connectivity index (χ1) is 13.1. The number of anilines is 1. The number of carbonyl (C=O) groups is 1. The molecule has 1 aliphatic rings. The van der Waals surface area contributed by atoms with Crippen LogP contribution in [0.15, 0.2) is 59.8 Å². The number of hydrogen-bond acceptors (Lipinski definition) is 5. The molecule has 27 heavy (non-hydrogen) atoms. The summed E-state index contributed by atoms with van der Waals surface area (Å²) < 4.78 is 21.7. The summed E-state index contributed by atoms with van der Waals surface area (Å²) in [5.41, 5.74) is 1.77. The van der Waals surface area contributed by atoms with Gasteiger partial charge in [0.25, 0.3) is 0 Å². The lowest BCUT2D eigenvalue weighted by molar-refractivity contribution is 0.129. The lowest BCUT2D eigenvalue weighted by Crippen LogP contribution is -2.26. The molecule has 0 saturated carbocycles. The Kier molecular flexibility index (Phi) is 4.81. The monoisotopic (exact) mass is 384 g/mol. The first-order valence-corrected chi connectivity index (χ1v) is 9.63. The summed E-state index contributed by atoms with van der Waals surface area (Å²) in [6, 6.07) is 12.5. The summed E-state index contributed by atoms with van der Waals surface area (Å²) in [4.78, 5) is 14.7. The smallest absolute Gasteiger partial charge is 0.414 e. The number of rotatable bonds is 5. The van der Waals surface area contributed by atoms with Crippen molar-refractivity contribution < 1.29 is 13.9 Å². The topological polar surface area (TPSA) is 60.3 Å². The van der Waals surface area contributed by atoms with Gasteiger partial charge in [0.05, 0.1) is 25.0 Å². The van der Waals surface area contributed by atoms with E-state index in [4.69, 9.17) is 4.74 Å². The molecule has 8 heteroatoms. The molecule has 1 amide bonds. The summed E-state index contributed by atoms with van der Waals surface area (Å²) in [6.07, 6.45) is 4.41. The third-order valence-electron chi connectivity index (χ3n) is 4.40. The number of hydrogen-bond donors (Lipinski definition) is 0. The molecule has 0 unspecified atom stereocenters. The van der Waals surface area contributed by atoms with Crippen molar-refractivity contribution in [3.05, 3.63) is 60.7 Å². The van der Waals surface area contributed by atoms with Crippen LogP contribution in [0.5, 0.6) is 0 Å². The van der Waals surface area contributed by atoms with E-state index in [1.54, 1.807) is 41.0 Å². The number of thioether (sulfide) groups is 1. The van der Waals surface area contributed by atoms with Crippen LogP contribution < -0.4 is 4.90 Å². The fourth-order valence-corrected chi connectivity index (χ4v) is 3.45. The van der Waals surface area contributed by atoms with E-state index in [0.29, 0.717) is 24.3 Å². The highest BCUT2D eigenvalue weighted by Crippen LogP contribution is 2.30. The Labute approximate surface area is 159 Å². The molecule has 6 nitrogen and oxygen atoms in total. The summed E-state index contributed by atoms with van der Waals surface area (Å²) in [5.74, 6) is -0.378. The molecule has 0 bridgehead atoms. The number of nitrogens with zero attached hydrogens (tertiary/aromatic N) is 4. The second-order valence-electron chi connectivity index (χ2n) is 6.13. The molecule has 2 heterocycles. The van der Waals surface area contributed by atoms with Crippen molar-refractivity contribution in [3.63, 3.8) is 0 Å². The SMILES string of the molecule is CSc1ccc(-c2ccc(N3C[C@H](Cn4ccnn4)OC3=O)cc2F)cc1. The Balaban J connectivity index is 1.52. The third-order valence-corrected chi connectivity index (χ3v) is 5.15. The number of halogens is 1. The Hall–Kier alpha value is -2.87. The van der Waals surface area contributed by atoms with Crippen molar-refractivity contribution >= 4 is 23.5 Å². The van der Waals surface area contributed by atoms with Crippen LogP contribution in [0.1, 0.15) is 0 Å². The van der Waals surface area contributed by atoms with Gasteiger partial charge in [0.15, 0.2) is 0 Å². The van der Waals surface area contributed by atoms with E-state index >= 15 is 0 Å². The number of carbonyl (C=O) groups excluding carboxylic acids is 1. The zero-order chi connectivity index (χ0) is 18.8. The fraction of sp³-hybridized carbons (Fsp3) is 0.211. The van der Waals surface area contributed by atoms with Crippen LogP contribution in [0.3, 0.4) is 0 Å². The molecule has 4 rings (SSSR count). The molecule has 3 aromatic rings. The second-order valence-corrected chi connectivity index (χ2v) is 7.01. The van der Waals surface area contributed by atoms with Gasteiger partial charge in [-0.25, -0.2) is 13.9 Å². The van der Waals surface area contributed by atoms with Crippen LogP contribution in [0.2, 0.25) is 0 Å². The number of aromatic nitrogens is 3. The molecule has 138 valence electrons. The van der Waals surface area contributed by atoms with E-state index in [0.717, 1.165) is 10.5 Å². The molecule has 0 spiro atoms. The van der Waals surface area contributed by atoms with Gasteiger partial charge in [0, 0.05) is 16.7 Å². The normalized spacial score (nSPS) is 16.6. The Morgan fingerprint density at radius 2 is 2.07 bits per heavy atom. The van der Waals surface area contributed by atoms with Crippen LogP contribution >= 0.6 is 11.8 Å². The third kappa shape index (κ3) is 3.66. The van der Waals surface area contributed by atoms with Gasteiger partial charge >= 0.3 is 6.09 Å². The minimum absolute atomic E-state index is 0.333. The zero-order valence-electron chi connectivity index (χ0n) is 14.6. The van der Waals surface area contributed by atoms with Crippen LogP contribution in [0.25, 0.3) is 11.1 Å². The van der Waals surface area contributed by atoms with Crippen molar-refractivity contribution in [1.82, 2.24) is 15.0 Å². The van der Waals surface area contributed by atoms with Crippen molar-refractivity contribution in [3.8, 4) is 11.1 Å². The van der Waals surface area contributed by atoms with E-state index in [2.05, 4.69) is 10.3 Å². The van der Waals surface area contributed by atoms with E-state index in [-0.39, 0.29) is 11.9 Å². The van der Waals surface area contributed by atoms with Crippen LogP contribution in [-0.4, -0.2) is 40.0 Å². The molecule has 0 N–H and O–H groups in total. The summed E-state index contributed by atoms with van der Waals surface area (Å²) in [6.45, 7) is 0.741. The van der Waals surface area contributed by atoms with E-state index in [9.17, 15) is 9.18 Å². The second kappa shape index (κ2) is 7.40. The highest BCUT2D eigenvalue weighted by molar-refractivity contribution is 7.98. The van der Waals surface area contributed by atoms with Crippen LogP contribution in [-0.2, 0) is 11.3 Å². The maximum absolute atomic E-state index is 14.7. The van der Waals surface area contributed by atoms with Crippen LogP contribution in [0.4, 0.5) is 14.9 Å². The van der Waals surface area contributed by atoms with Gasteiger partial charge in [-0.15, -0.1) is 16.9 Å². The zero-order valence-corrected chi connectivity index (χ0v) is 15.4. The van der Waals surface area contributed by atoms with E-state index < -0.39 is 6.09 Å². The summed E-state index contributed by atoms with van der Waals surface area (Å²) >= 11 is 1.64. The predicted molar refractivity (Wildman–Crippen MR) is 101 cm³/mol. The number of cyclic esters (lactones) is 1. The van der Waals surface area contributed by atoms with Gasteiger partial charge < -0.3 is 4.74 Å². The molecule has 0 aliphatic carbocycles. The number of ether oxygens (including phenoxy) is 1. The number of amides is 1. The Bertz CT molecular complexity index is 947. The van der Waals surface area contributed by atoms with Gasteiger partial charge in [-0.2, -0.15) is 0 Å². The molecule has 1 aromatic heterocycles. The Morgan fingerprint density at radius 3 is 2.74 bits per heavy atom. The maximum Gasteiger partial charge on any atom is 0.414 e. The lowest BCUT2D eigenvalue weighted by atomic mass is 10.0. The average Bonchev–Trinajstić information content (AvgIpc) is 3.31. The van der Waals surface area contributed by atoms with Gasteiger partial charge in [-0.05, 0) is 42.2 Å². The van der Waals surface area contributed by atoms with Crippen LogP contribution in [0, 0.1) is 5.82 Å². The van der Waals surface area contributed by atoms with Crippen molar-refractivity contribution in [2.45, 2.75) is 17.5 Å². The van der Waals surface area contributed by atoms with Gasteiger partial charge in [-0.3, -0.25) is 4.90 Å². The standard InChI is InChI=1S/C19H17FN4O2S/c1-27-16-5-2-13(3-6-16)17-7-4-14(10-18(17)20)24-12-15(26-19(24)25)11-23-9-8-21-22-23/h2-10,15H,11-12H2,1H3/t15-/m0/s1. The van der Waals surface area contributed by atoms with Gasteiger partial charge in [0.1, 0.15) is 11.9 Å². The van der Waals surface area contributed by atoms with Gasteiger partial charge in [0.2, 0.25) is 0 Å². The maximum atomic E-state index is 14.7. The molecule has 1 fully saturated rings. The highest BCUT2D eigenvalue weighted by Gasteiger charge is 2.33. The average molecular weight is 384 g/mol. The molecule has 0 radical (unpaired) electrons. The summed E-state index contributed by atoms with van der Waals surface area (Å²) in [5, 5.41) is 7.60. The largest absolute Gasteiger partial charge is 0.442 e. The first-order valence-electron chi connectivity index (χ1n) is 8.40. The molecular weight excluding hydrogens is 367 g/mol. The van der Waals surface area contributed by atoms with Crippen molar-refractivity contribution in [1.29, 1.82) is 0 Å². The fourth-order valence-electron chi connectivity index (χ4n) is 3.04. The molecule has 2 aromatic carbocycles. The first kappa shape index (κ1) is 17.5. The molecular formula is C19H17FN4O2S. The van der Waals surface area contributed by atoms with Crippen molar-refractivity contribution in [2.24, 2.45) is 0 Å². The molecule has 1 saturated heterocycles. The van der Waals surface area contributed by atoms with E-state index in [1.807, 2.05) is 30.5 Å². The highest BCUT2D eigenvalue weighted by atomic mass is 32.2. The minimum Gasteiger partial charge on any atom is -0.442 e.